The van der Waals surface area contributed by atoms with Crippen LogP contribution in [-0.2, 0) is 5.75 Å². The van der Waals surface area contributed by atoms with Gasteiger partial charge in [0.25, 0.3) is 0 Å². The van der Waals surface area contributed by atoms with Crippen molar-refractivity contribution in [1.29, 1.82) is 0 Å². The number of anilines is 1. The molecule has 0 aliphatic heterocycles. The number of aromatic nitrogens is 2. The quantitative estimate of drug-likeness (QED) is 0.348. The van der Waals surface area contributed by atoms with Crippen LogP contribution in [0.5, 0.6) is 0 Å². The predicted molar refractivity (Wildman–Crippen MR) is 105 cm³/mol. The van der Waals surface area contributed by atoms with Gasteiger partial charge in [0.05, 0.1) is 6.54 Å². The van der Waals surface area contributed by atoms with Gasteiger partial charge in [-0.3, -0.25) is 4.79 Å². The third kappa shape index (κ3) is 4.17. The lowest BCUT2D eigenvalue weighted by molar-refractivity contribution is 0.0982. The molecule has 0 aliphatic rings. The molecule has 8 heteroatoms. The van der Waals surface area contributed by atoms with E-state index in [0.717, 1.165) is 5.39 Å². The molecule has 0 saturated carbocycles. The highest BCUT2D eigenvalue weighted by Gasteiger charge is 2.13. The summed E-state index contributed by atoms with van der Waals surface area (Å²) >= 11 is 2.73. The highest BCUT2D eigenvalue weighted by Crippen LogP contribution is 2.29. The number of para-hydroxylation sites is 1. The van der Waals surface area contributed by atoms with Crippen LogP contribution in [0.4, 0.5) is 9.52 Å². The number of furan rings is 1. The van der Waals surface area contributed by atoms with Gasteiger partial charge in [0.1, 0.15) is 11.4 Å². The molecular formula is C19H14FN3O2S2. The van der Waals surface area contributed by atoms with E-state index in [1.165, 1.54) is 29.2 Å². The zero-order chi connectivity index (χ0) is 18.6. The second-order valence-electron chi connectivity index (χ2n) is 5.68. The number of nitrogens with one attached hydrogen (secondary N) is 1. The molecule has 2 aromatic heterocycles. The van der Waals surface area contributed by atoms with Crippen molar-refractivity contribution >= 4 is 45.0 Å². The Morgan fingerprint density at radius 3 is 2.81 bits per heavy atom. The summed E-state index contributed by atoms with van der Waals surface area (Å²) in [6.45, 7) is 0.0619. The first-order chi connectivity index (χ1) is 13.2. The third-order valence-corrected chi connectivity index (χ3v) is 5.88. The summed E-state index contributed by atoms with van der Waals surface area (Å²) in [6, 6.07) is 15.9. The first-order valence-electron chi connectivity index (χ1n) is 8.14. The van der Waals surface area contributed by atoms with E-state index in [4.69, 9.17) is 4.42 Å². The first kappa shape index (κ1) is 17.7. The number of hydrogen-bond donors (Lipinski definition) is 1. The van der Waals surface area contributed by atoms with Crippen molar-refractivity contribution in [2.45, 2.75) is 10.1 Å². The average molecular weight is 399 g/mol. The van der Waals surface area contributed by atoms with Crippen LogP contribution in [0, 0.1) is 5.82 Å². The summed E-state index contributed by atoms with van der Waals surface area (Å²) in [5.41, 5.74) is 1.30. The van der Waals surface area contributed by atoms with Crippen molar-refractivity contribution in [3.05, 3.63) is 71.7 Å². The summed E-state index contributed by atoms with van der Waals surface area (Å²) in [7, 11) is 0. The van der Waals surface area contributed by atoms with Crippen molar-refractivity contribution in [3.63, 3.8) is 0 Å². The Kier molecular flexibility index (Phi) is 5.17. The number of thioether (sulfide) groups is 1. The Morgan fingerprint density at radius 2 is 1.96 bits per heavy atom. The van der Waals surface area contributed by atoms with Crippen LogP contribution >= 0.6 is 23.1 Å². The zero-order valence-corrected chi connectivity index (χ0v) is 15.6. The first-order valence-corrected chi connectivity index (χ1v) is 9.94. The molecule has 2 heterocycles. The highest BCUT2D eigenvalue weighted by atomic mass is 32.2. The fraction of sp³-hybridized carbons (Fsp3) is 0.105. The van der Waals surface area contributed by atoms with Crippen LogP contribution in [0.15, 0.2) is 63.4 Å². The Balaban J connectivity index is 1.34. The van der Waals surface area contributed by atoms with E-state index in [1.54, 1.807) is 24.3 Å². The van der Waals surface area contributed by atoms with Crippen molar-refractivity contribution in [1.82, 2.24) is 10.2 Å². The summed E-state index contributed by atoms with van der Waals surface area (Å²) in [5, 5.41) is 12.5. The summed E-state index contributed by atoms with van der Waals surface area (Å²) in [4.78, 5) is 12.3. The minimum atomic E-state index is -0.232. The topological polar surface area (TPSA) is 68.0 Å². The molecule has 4 rings (SSSR count). The van der Waals surface area contributed by atoms with Crippen molar-refractivity contribution in [3.8, 4) is 0 Å². The number of carbonyl (C=O) groups excluding carboxylic acids is 1. The Bertz CT molecular complexity index is 1060. The van der Waals surface area contributed by atoms with Gasteiger partial charge in [-0.1, -0.05) is 59.5 Å². The highest BCUT2D eigenvalue weighted by molar-refractivity contribution is 8.00. The number of rotatable bonds is 7. The molecule has 0 unspecified atom stereocenters. The number of carbonyl (C=O) groups is 1. The number of nitrogens with zero attached hydrogens (tertiary/aromatic N) is 2. The van der Waals surface area contributed by atoms with E-state index in [2.05, 4.69) is 15.5 Å². The van der Waals surface area contributed by atoms with Gasteiger partial charge in [0.15, 0.2) is 10.1 Å². The molecule has 27 heavy (non-hydrogen) atoms. The van der Waals surface area contributed by atoms with Gasteiger partial charge in [0.2, 0.25) is 10.9 Å². The molecule has 0 fully saturated rings. The average Bonchev–Trinajstić information content (AvgIpc) is 3.32. The zero-order valence-electron chi connectivity index (χ0n) is 14.0. The minimum absolute atomic E-state index is 0.0619. The molecule has 2 aromatic carbocycles. The van der Waals surface area contributed by atoms with Crippen LogP contribution in [0.2, 0.25) is 0 Å². The molecule has 0 bridgehead atoms. The number of benzene rings is 2. The normalized spacial score (nSPS) is 11.0. The maximum absolute atomic E-state index is 13.6. The maximum Gasteiger partial charge on any atom is 0.217 e. The van der Waals surface area contributed by atoms with Crippen LogP contribution in [0.3, 0.4) is 0 Å². The van der Waals surface area contributed by atoms with E-state index in [0.29, 0.717) is 32.1 Å². The molecule has 136 valence electrons. The van der Waals surface area contributed by atoms with Crippen molar-refractivity contribution in [2.75, 3.05) is 11.9 Å². The van der Waals surface area contributed by atoms with Gasteiger partial charge in [0, 0.05) is 11.1 Å². The Labute approximate surface area is 162 Å². The Morgan fingerprint density at radius 1 is 1.15 bits per heavy atom. The molecule has 0 aliphatic carbocycles. The van der Waals surface area contributed by atoms with Crippen molar-refractivity contribution in [2.24, 2.45) is 0 Å². The van der Waals surface area contributed by atoms with Gasteiger partial charge in [-0.05, 0) is 23.8 Å². The largest absolute Gasteiger partial charge is 0.453 e. The number of fused-ring (bicyclic) bond motifs is 1. The summed E-state index contributed by atoms with van der Waals surface area (Å²) < 4.78 is 19.9. The standard InChI is InChI=1S/C19H14FN3O2S2/c20-14-7-3-1-6-13(14)11-26-19-23-22-18(27-19)21-10-15(24)17-9-12-5-2-4-8-16(12)25-17/h1-9H,10-11H2,(H,21,22). The maximum atomic E-state index is 13.6. The van der Waals surface area contributed by atoms with E-state index < -0.39 is 0 Å². The molecule has 4 aromatic rings. The van der Waals surface area contributed by atoms with E-state index >= 15 is 0 Å². The number of halogens is 1. The predicted octanol–water partition coefficient (Wildman–Crippen LogP) is 5.01. The fourth-order valence-electron chi connectivity index (χ4n) is 2.46. The van der Waals surface area contributed by atoms with Crippen LogP contribution in [0.25, 0.3) is 11.0 Å². The SMILES string of the molecule is O=C(CNc1nnc(SCc2ccccc2F)s1)c1cc2ccccc2o1. The monoisotopic (exact) mass is 399 g/mol. The van der Waals surface area contributed by atoms with Gasteiger partial charge in [-0.25, -0.2) is 4.39 Å². The van der Waals surface area contributed by atoms with E-state index in [1.807, 2.05) is 24.3 Å². The number of Topliss-reactive ketones (excluding diaryl/α,β-unsaturated/α-hetero) is 1. The molecule has 5 nitrogen and oxygen atoms in total. The lowest BCUT2D eigenvalue weighted by atomic mass is 10.2. The van der Waals surface area contributed by atoms with Crippen LogP contribution < -0.4 is 5.32 Å². The molecule has 0 atom stereocenters. The van der Waals surface area contributed by atoms with Crippen LogP contribution in [0.1, 0.15) is 16.1 Å². The van der Waals surface area contributed by atoms with Gasteiger partial charge >= 0.3 is 0 Å². The van der Waals surface area contributed by atoms with E-state index in [-0.39, 0.29) is 18.1 Å². The Hall–Kier alpha value is -2.71. The molecule has 0 spiro atoms. The lowest BCUT2D eigenvalue weighted by Crippen LogP contribution is -2.13. The molecule has 0 saturated heterocycles. The van der Waals surface area contributed by atoms with Crippen LogP contribution in [-0.4, -0.2) is 22.5 Å². The second kappa shape index (κ2) is 7.89. The van der Waals surface area contributed by atoms with Gasteiger partial charge in [-0.15, -0.1) is 10.2 Å². The molecule has 0 amide bonds. The van der Waals surface area contributed by atoms with Gasteiger partial charge < -0.3 is 9.73 Å². The number of hydrogen-bond acceptors (Lipinski definition) is 7. The van der Waals surface area contributed by atoms with E-state index in [9.17, 15) is 9.18 Å². The van der Waals surface area contributed by atoms with Gasteiger partial charge in [-0.2, -0.15) is 0 Å². The molecule has 0 radical (unpaired) electrons. The van der Waals surface area contributed by atoms with Crippen molar-refractivity contribution < 1.29 is 13.6 Å². The number of ketones is 1. The lowest BCUT2D eigenvalue weighted by Gasteiger charge is -2.00. The summed E-state index contributed by atoms with van der Waals surface area (Å²) in [6.07, 6.45) is 0. The summed E-state index contributed by atoms with van der Waals surface area (Å²) in [5.74, 6) is 0.382. The molecule has 1 N–H and O–H groups in total. The second-order valence-corrected chi connectivity index (χ2v) is 7.88. The smallest absolute Gasteiger partial charge is 0.217 e. The molecular weight excluding hydrogens is 385 g/mol. The minimum Gasteiger partial charge on any atom is -0.453 e. The fourth-order valence-corrected chi connectivity index (χ4v) is 4.19. The third-order valence-electron chi connectivity index (χ3n) is 3.82.